The summed E-state index contributed by atoms with van der Waals surface area (Å²) in [7, 11) is 4.80. The molecule has 0 saturated carbocycles. The highest BCUT2D eigenvalue weighted by atomic mass is 19.1. The van der Waals surface area contributed by atoms with Crippen LogP contribution in [0.15, 0.2) is 42.5 Å². The van der Waals surface area contributed by atoms with Gasteiger partial charge in [0.1, 0.15) is 17.3 Å². The van der Waals surface area contributed by atoms with Gasteiger partial charge in [-0.15, -0.1) is 0 Å². The number of urea groups is 1. The zero-order valence-corrected chi connectivity index (χ0v) is 14.0. The van der Waals surface area contributed by atoms with Gasteiger partial charge in [0.2, 0.25) is 0 Å². The molecule has 0 unspecified atom stereocenters. The Kier molecular flexibility index (Phi) is 6.01. The number of halogens is 1. The first-order valence-electron chi connectivity index (χ1n) is 7.47. The molecule has 128 valence electrons. The number of benzene rings is 2. The lowest BCUT2D eigenvalue weighted by Crippen LogP contribution is -2.36. The smallest absolute Gasteiger partial charge is 0.317 e. The van der Waals surface area contributed by atoms with E-state index in [1.807, 2.05) is 6.07 Å². The van der Waals surface area contributed by atoms with Crippen LogP contribution in [0.2, 0.25) is 0 Å². The van der Waals surface area contributed by atoms with Crippen LogP contribution >= 0.6 is 0 Å². The van der Waals surface area contributed by atoms with Crippen molar-refractivity contribution in [2.24, 2.45) is 0 Å². The van der Waals surface area contributed by atoms with Crippen molar-refractivity contribution in [1.29, 1.82) is 0 Å². The molecule has 1 N–H and O–H groups in total. The Balaban J connectivity index is 1.95. The Morgan fingerprint density at radius 1 is 1.17 bits per heavy atom. The van der Waals surface area contributed by atoms with E-state index >= 15 is 0 Å². The minimum absolute atomic E-state index is 0.253. The first-order valence-corrected chi connectivity index (χ1v) is 7.47. The maximum atomic E-state index is 13.2. The molecule has 2 aromatic carbocycles. The third-order valence-electron chi connectivity index (χ3n) is 3.58. The average molecular weight is 332 g/mol. The minimum atomic E-state index is -0.315. The molecule has 5 nitrogen and oxygen atoms in total. The van der Waals surface area contributed by atoms with Crippen LogP contribution in [0.4, 0.5) is 9.18 Å². The first-order chi connectivity index (χ1) is 11.5. The normalized spacial score (nSPS) is 10.2. The van der Waals surface area contributed by atoms with Gasteiger partial charge in [-0.05, 0) is 29.8 Å². The quantitative estimate of drug-likeness (QED) is 0.884. The number of nitrogens with one attached hydrogen (secondary N) is 1. The largest absolute Gasteiger partial charge is 0.497 e. The summed E-state index contributed by atoms with van der Waals surface area (Å²) >= 11 is 0. The Morgan fingerprint density at radius 3 is 2.62 bits per heavy atom. The number of rotatable bonds is 6. The van der Waals surface area contributed by atoms with Crippen molar-refractivity contribution in [2.45, 2.75) is 13.1 Å². The van der Waals surface area contributed by atoms with Crippen molar-refractivity contribution in [3.05, 3.63) is 59.4 Å². The van der Waals surface area contributed by atoms with Crippen molar-refractivity contribution in [1.82, 2.24) is 10.2 Å². The second-order valence-electron chi connectivity index (χ2n) is 5.32. The fourth-order valence-electron chi connectivity index (χ4n) is 2.28. The number of hydrogen-bond donors (Lipinski definition) is 1. The second-order valence-corrected chi connectivity index (χ2v) is 5.32. The van der Waals surface area contributed by atoms with Gasteiger partial charge >= 0.3 is 6.03 Å². The molecule has 0 heterocycles. The zero-order valence-electron chi connectivity index (χ0n) is 14.0. The molecule has 0 atom stereocenters. The molecule has 2 aromatic rings. The van der Waals surface area contributed by atoms with E-state index < -0.39 is 0 Å². The molecule has 0 spiro atoms. The van der Waals surface area contributed by atoms with Gasteiger partial charge in [0.15, 0.2) is 0 Å². The summed E-state index contributed by atoms with van der Waals surface area (Å²) in [5.41, 5.74) is 1.57. The molecule has 0 bridgehead atoms. The molecule has 0 fully saturated rings. The van der Waals surface area contributed by atoms with E-state index in [9.17, 15) is 9.18 Å². The van der Waals surface area contributed by atoms with Gasteiger partial charge in [0, 0.05) is 31.8 Å². The van der Waals surface area contributed by atoms with E-state index in [-0.39, 0.29) is 11.8 Å². The maximum Gasteiger partial charge on any atom is 0.317 e. The Morgan fingerprint density at radius 2 is 1.96 bits per heavy atom. The SMILES string of the molecule is COc1ccc(CNC(=O)N(C)Cc2cccc(F)c2)c(OC)c1. The van der Waals surface area contributed by atoms with E-state index in [0.29, 0.717) is 24.6 Å². The van der Waals surface area contributed by atoms with Gasteiger partial charge in [-0.1, -0.05) is 12.1 Å². The van der Waals surface area contributed by atoms with Crippen molar-refractivity contribution >= 4 is 6.03 Å². The molecule has 2 rings (SSSR count). The van der Waals surface area contributed by atoms with Gasteiger partial charge in [0.25, 0.3) is 0 Å². The van der Waals surface area contributed by atoms with Crippen LogP contribution in [0.25, 0.3) is 0 Å². The fourth-order valence-corrected chi connectivity index (χ4v) is 2.28. The maximum absolute atomic E-state index is 13.2. The number of ether oxygens (including phenoxy) is 2. The van der Waals surface area contributed by atoms with Crippen LogP contribution in [-0.2, 0) is 13.1 Å². The van der Waals surface area contributed by atoms with Gasteiger partial charge in [-0.2, -0.15) is 0 Å². The first kappa shape index (κ1) is 17.6. The standard InChI is InChI=1S/C18H21FN2O3/c1-21(12-13-5-4-6-15(19)9-13)18(22)20-11-14-7-8-16(23-2)10-17(14)24-3/h4-10H,11-12H2,1-3H3,(H,20,22). The highest BCUT2D eigenvalue weighted by Gasteiger charge is 2.11. The van der Waals surface area contributed by atoms with Gasteiger partial charge in [-0.25, -0.2) is 9.18 Å². The molecular weight excluding hydrogens is 311 g/mol. The van der Waals surface area contributed by atoms with E-state index in [1.54, 1.807) is 45.5 Å². The molecule has 0 aromatic heterocycles. The zero-order chi connectivity index (χ0) is 17.5. The predicted octanol–water partition coefficient (Wildman–Crippen LogP) is 3.18. The lowest BCUT2D eigenvalue weighted by atomic mass is 10.2. The van der Waals surface area contributed by atoms with Crippen LogP contribution in [0.1, 0.15) is 11.1 Å². The van der Waals surface area contributed by atoms with E-state index in [1.165, 1.54) is 17.0 Å². The summed E-state index contributed by atoms with van der Waals surface area (Å²) in [6.07, 6.45) is 0. The molecule has 0 saturated heterocycles. The molecule has 0 radical (unpaired) electrons. The number of hydrogen-bond acceptors (Lipinski definition) is 3. The predicted molar refractivity (Wildman–Crippen MR) is 89.6 cm³/mol. The van der Waals surface area contributed by atoms with Crippen molar-refractivity contribution in [2.75, 3.05) is 21.3 Å². The number of amides is 2. The van der Waals surface area contributed by atoms with Crippen LogP contribution in [0, 0.1) is 5.82 Å². The third-order valence-corrected chi connectivity index (χ3v) is 3.58. The lowest BCUT2D eigenvalue weighted by molar-refractivity contribution is 0.206. The molecule has 0 aliphatic carbocycles. The summed E-state index contributed by atoms with van der Waals surface area (Å²) in [6, 6.07) is 11.3. The fraction of sp³-hybridized carbons (Fsp3) is 0.278. The minimum Gasteiger partial charge on any atom is -0.497 e. The van der Waals surface area contributed by atoms with Crippen molar-refractivity contribution in [3.63, 3.8) is 0 Å². The molecule has 0 aliphatic rings. The Labute approximate surface area is 141 Å². The highest BCUT2D eigenvalue weighted by molar-refractivity contribution is 5.74. The topological polar surface area (TPSA) is 50.8 Å². The molecular formula is C18H21FN2O3. The van der Waals surface area contributed by atoms with Crippen LogP contribution in [0.3, 0.4) is 0 Å². The van der Waals surface area contributed by atoms with Crippen molar-refractivity contribution in [3.8, 4) is 11.5 Å². The molecule has 24 heavy (non-hydrogen) atoms. The Bertz CT molecular complexity index is 706. The molecule has 6 heteroatoms. The number of methoxy groups -OCH3 is 2. The van der Waals surface area contributed by atoms with Gasteiger partial charge in [0.05, 0.1) is 14.2 Å². The van der Waals surface area contributed by atoms with Gasteiger partial charge < -0.3 is 19.7 Å². The summed E-state index contributed by atoms with van der Waals surface area (Å²) in [4.78, 5) is 13.7. The molecule has 2 amide bonds. The lowest BCUT2D eigenvalue weighted by Gasteiger charge is -2.19. The van der Waals surface area contributed by atoms with Crippen LogP contribution in [0.5, 0.6) is 11.5 Å². The number of nitrogens with zero attached hydrogens (tertiary/aromatic N) is 1. The van der Waals surface area contributed by atoms with E-state index in [4.69, 9.17) is 9.47 Å². The molecule has 0 aliphatic heterocycles. The summed E-state index contributed by atoms with van der Waals surface area (Å²) < 4.78 is 23.6. The summed E-state index contributed by atoms with van der Waals surface area (Å²) in [5.74, 6) is 1.01. The average Bonchev–Trinajstić information content (AvgIpc) is 2.59. The summed E-state index contributed by atoms with van der Waals surface area (Å²) in [6.45, 7) is 0.642. The number of carbonyl (C=O) groups excluding carboxylic acids is 1. The monoisotopic (exact) mass is 332 g/mol. The number of carbonyl (C=O) groups is 1. The van der Waals surface area contributed by atoms with Crippen molar-refractivity contribution < 1.29 is 18.7 Å². The Hall–Kier alpha value is -2.76. The van der Waals surface area contributed by atoms with E-state index in [0.717, 1.165) is 11.1 Å². The highest BCUT2D eigenvalue weighted by Crippen LogP contribution is 2.24. The summed E-state index contributed by atoms with van der Waals surface area (Å²) in [5, 5.41) is 2.82. The third kappa shape index (κ3) is 4.62. The van der Waals surface area contributed by atoms with Gasteiger partial charge in [-0.3, -0.25) is 0 Å². The van der Waals surface area contributed by atoms with E-state index in [2.05, 4.69) is 5.32 Å². The van der Waals surface area contributed by atoms with Crippen LogP contribution in [-0.4, -0.2) is 32.2 Å². The van der Waals surface area contributed by atoms with Crippen LogP contribution < -0.4 is 14.8 Å². The second kappa shape index (κ2) is 8.19.